The molecular formula is C28H38N6O2. The van der Waals surface area contributed by atoms with Gasteiger partial charge in [-0.25, -0.2) is 4.99 Å². The van der Waals surface area contributed by atoms with Crippen molar-refractivity contribution in [3.05, 3.63) is 70.4 Å². The Hall–Kier alpha value is -3.68. The maximum atomic E-state index is 13.1. The summed E-state index contributed by atoms with van der Waals surface area (Å²) in [6, 6.07) is 8.08. The molecule has 8 nitrogen and oxygen atoms in total. The first kappa shape index (κ1) is 25.4. The van der Waals surface area contributed by atoms with Crippen LogP contribution in [0.5, 0.6) is 5.75 Å². The zero-order chi connectivity index (χ0) is 26.0. The molecule has 8 heteroatoms. The van der Waals surface area contributed by atoms with Crippen molar-refractivity contribution in [1.29, 1.82) is 0 Å². The van der Waals surface area contributed by atoms with Crippen molar-refractivity contribution in [1.82, 2.24) is 14.8 Å². The van der Waals surface area contributed by atoms with Crippen molar-refractivity contribution in [3.63, 3.8) is 0 Å². The zero-order valence-corrected chi connectivity index (χ0v) is 22.0. The molecule has 36 heavy (non-hydrogen) atoms. The number of hydrogen-bond donors (Lipinski definition) is 3. The number of H-pyrrole nitrogens is 1. The van der Waals surface area contributed by atoms with E-state index in [1.54, 1.807) is 13.3 Å². The van der Waals surface area contributed by atoms with Gasteiger partial charge in [-0.05, 0) is 81.3 Å². The van der Waals surface area contributed by atoms with E-state index in [1.165, 1.54) is 0 Å². The van der Waals surface area contributed by atoms with E-state index in [0.29, 0.717) is 23.9 Å². The Labute approximate surface area is 213 Å². The number of ether oxygens (including phenoxy) is 1. The van der Waals surface area contributed by atoms with Gasteiger partial charge in [0.2, 0.25) is 5.91 Å². The Kier molecular flexibility index (Phi) is 7.43. The molecule has 1 unspecified atom stereocenters. The summed E-state index contributed by atoms with van der Waals surface area (Å²) in [6.45, 7) is 9.78. The molecule has 0 aliphatic carbocycles. The average molecular weight is 491 g/mol. The first-order valence-corrected chi connectivity index (χ1v) is 12.6. The second-order valence-corrected chi connectivity index (χ2v) is 9.90. The molecule has 0 bridgehead atoms. The predicted octanol–water partition coefficient (Wildman–Crippen LogP) is 3.59. The smallest absolute Gasteiger partial charge is 0.227 e. The summed E-state index contributed by atoms with van der Waals surface area (Å²) in [7, 11) is 1.65. The van der Waals surface area contributed by atoms with E-state index in [0.717, 1.165) is 65.5 Å². The van der Waals surface area contributed by atoms with Crippen molar-refractivity contribution < 1.29 is 9.53 Å². The highest BCUT2D eigenvalue weighted by Gasteiger charge is 2.32. The summed E-state index contributed by atoms with van der Waals surface area (Å²) in [5.74, 6) is 1.74. The van der Waals surface area contributed by atoms with Gasteiger partial charge in [-0.1, -0.05) is 6.07 Å². The molecule has 1 aromatic carbocycles. The second-order valence-electron chi connectivity index (χ2n) is 9.90. The molecule has 192 valence electrons. The van der Waals surface area contributed by atoms with Crippen LogP contribution < -0.4 is 16.2 Å². The molecule has 4 rings (SSSR count). The Balaban J connectivity index is 1.44. The van der Waals surface area contributed by atoms with Gasteiger partial charge in [-0.3, -0.25) is 4.79 Å². The number of aliphatic imine (C=N–C) groups is 1. The van der Waals surface area contributed by atoms with Crippen LogP contribution in [0.15, 0.2) is 47.4 Å². The van der Waals surface area contributed by atoms with E-state index in [9.17, 15) is 4.79 Å². The van der Waals surface area contributed by atoms with Gasteiger partial charge in [0, 0.05) is 37.2 Å². The molecule has 0 spiro atoms. The highest BCUT2D eigenvalue weighted by atomic mass is 16.5. The normalized spacial score (nSPS) is 18.8. The van der Waals surface area contributed by atoms with Crippen molar-refractivity contribution in [2.75, 3.05) is 20.2 Å². The van der Waals surface area contributed by atoms with Crippen molar-refractivity contribution >= 4 is 17.4 Å². The number of methoxy groups -OCH3 is 1. The van der Waals surface area contributed by atoms with E-state index in [4.69, 9.17) is 16.2 Å². The molecule has 0 saturated carbocycles. The Bertz CT molecular complexity index is 1200. The number of carbonyl (C=O) groups excluding carboxylic acids is 1. The molecular weight excluding hydrogens is 452 g/mol. The summed E-state index contributed by atoms with van der Waals surface area (Å²) in [4.78, 5) is 24.9. The van der Waals surface area contributed by atoms with Crippen LogP contribution in [0, 0.1) is 26.7 Å². The third kappa shape index (κ3) is 5.12. The topological polar surface area (TPSA) is 113 Å². The number of nitrogens with two attached hydrogens (primary N) is 2. The maximum absolute atomic E-state index is 13.1. The molecule has 1 fully saturated rings. The molecule has 5 N–H and O–H groups in total. The minimum atomic E-state index is 0.152. The van der Waals surface area contributed by atoms with Gasteiger partial charge in [0.1, 0.15) is 17.3 Å². The van der Waals surface area contributed by atoms with Gasteiger partial charge >= 0.3 is 0 Å². The van der Waals surface area contributed by atoms with Crippen LogP contribution >= 0.6 is 0 Å². The number of amides is 1. The van der Waals surface area contributed by atoms with Crippen LogP contribution in [0.1, 0.15) is 47.8 Å². The van der Waals surface area contributed by atoms with Crippen LogP contribution in [-0.2, 0) is 11.2 Å². The molecule has 1 saturated heterocycles. The van der Waals surface area contributed by atoms with Crippen LogP contribution in [0.4, 0.5) is 0 Å². The number of aryl methyl sites for hydroxylation is 3. The first-order valence-electron chi connectivity index (χ1n) is 12.6. The Morgan fingerprint density at radius 1 is 1.19 bits per heavy atom. The lowest BCUT2D eigenvalue weighted by atomic mass is 9.88. The number of carbonyl (C=O) groups is 1. The van der Waals surface area contributed by atoms with Crippen molar-refractivity contribution in [3.8, 4) is 5.75 Å². The van der Waals surface area contributed by atoms with E-state index < -0.39 is 0 Å². The number of rotatable bonds is 6. The molecule has 2 aliphatic rings. The van der Waals surface area contributed by atoms with Gasteiger partial charge in [0.25, 0.3) is 0 Å². The number of likely N-dealkylation sites (tertiary alicyclic amines) is 1. The fourth-order valence-corrected chi connectivity index (χ4v) is 5.10. The monoisotopic (exact) mass is 490 g/mol. The van der Waals surface area contributed by atoms with Crippen molar-refractivity contribution in [2.24, 2.45) is 22.4 Å². The number of benzene rings is 1. The number of hydrogen-bond acceptors (Lipinski definition) is 6. The third-order valence-corrected chi connectivity index (χ3v) is 7.67. The van der Waals surface area contributed by atoms with Gasteiger partial charge in [-0.2, -0.15) is 0 Å². The zero-order valence-electron chi connectivity index (χ0n) is 22.0. The summed E-state index contributed by atoms with van der Waals surface area (Å²) in [6.07, 6.45) is 5.90. The standard InChI is InChI=1S/C28H38N6O2/c1-17-6-7-23(36-5)15-22(17)16-25(35)33-11-8-21(9-12-33)20(4)34-13-10-31-28(30)27(34)26(29)24-14-18(2)19(3)32-24/h6-7,10,13-15,20-21,32H,8-9,11-12,16,29H2,1-5H3,(H2,30,31)/b27-26-. The lowest BCUT2D eigenvalue weighted by molar-refractivity contribution is -0.132. The Morgan fingerprint density at radius 2 is 1.92 bits per heavy atom. The molecule has 1 amide bonds. The molecule has 3 heterocycles. The third-order valence-electron chi connectivity index (χ3n) is 7.67. The highest BCUT2D eigenvalue weighted by Crippen LogP contribution is 2.31. The lowest BCUT2D eigenvalue weighted by Gasteiger charge is -2.41. The fraction of sp³-hybridized carbons (Fsp3) is 0.429. The van der Waals surface area contributed by atoms with Gasteiger partial charge in [0.05, 0.1) is 24.9 Å². The van der Waals surface area contributed by atoms with Crippen LogP contribution in [-0.4, -0.2) is 52.8 Å². The lowest BCUT2D eigenvalue weighted by Crippen LogP contribution is -2.46. The van der Waals surface area contributed by atoms with E-state index in [1.807, 2.05) is 49.2 Å². The second kappa shape index (κ2) is 10.5. The molecule has 1 aromatic heterocycles. The molecule has 1 atom stereocenters. The minimum absolute atomic E-state index is 0.152. The summed E-state index contributed by atoms with van der Waals surface area (Å²) >= 11 is 0. The number of amidine groups is 1. The van der Waals surface area contributed by atoms with Crippen LogP contribution in [0.2, 0.25) is 0 Å². The maximum Gasteiger partial charge on any atom is 0.227 e. The molecule has 0 radical (unpaired) electrons. The van der Waals surface area contributed by atoms with E-state index in [-0.39, 0.29) is 11.9 Å². The van der Waals surface area contributed by atoms with E-state index in [2.05, 4.69) is 28.7 Å². The number of nitrogens with zero attached hydrogens (tertiary/aromatic N) is 3. The number of nitrogens with one attached hydrogen (secondary N) is 1. The largest absolute Gasteiger partial charge is 0.497 e. The van der Waals surface area contributed by atoms with E-state index >= 15 is 0 Å². The fourth-order valence-electron chi connectivity index (χ4n) is 5.10. The minimum Gasteiger partial charge on any atom is -0.497 e. The number of piperidine rings is 1. The van der Waals surface area contributed by atoms with Crippen LogP contribution in [0.3, 0.4) is 0 Å². The quantitative estimate of drug-likeness (QED) is 0.573. The van der Waals surface area contributed by atoms with Gasteiger partial charge < -0.3 is 31.0 Å². The van der Waals surface area contributed by atoms with Crippen molar-refractivity contribution in [2.45, 2.75) is 53.0 Å². The number of aromatic amines is 1. The average Bonchev–Trinajstić information content (AvgIpc) is 3.22. The summed E-state index contributed by atoms with van der Waals surface area (Å²) < 4.78 is 5.34. The molecule has 2 aliphatic heterocycles. The highest BCUT2D eigenvalue weighted by molar-refractivity contribution is 6.03. The van der Waals surface area contributed by atoms with Gasteiger partial charge in [-0.15, -0.1) is 0 Å². The predicted molar refractivity (Wildman–Crippen MR) is 144 cm³/mol. The van der Waals surface area contributed by atoms with Gasteiger partial charge in [0.15, 0.2) is 0 Å². The SMILES string of the molecule is COc1ccc(C)c(CC(=O)N2CCC(C(C)N3C=CN=C(N)/C3=C(/N)c3cc(C)c(C)[nH]3)CC2)c1. The summed E-state index contributed by atoms with van der Waals surface area (Å²) in [5.41, 5.74) is 19.5. The molecule has 2 aromatic rings. The first-order chi connectivity index (χ1) is 17.2. The van der Waals surface area contributed by atoms with Crippen LogP contribution in [0.25, 0.3) is 5.70 Å². The number of aromatic nitrogens is 1. The summed E-state index contributed by atoms with van der Waals surface area (Å²) in [5, 5.41) is 0. The Morgan fingerprint density at radius 3 is 2.56 bits per heavy atom.